The Labute approximate surface area is 139 Å². The van der Waals surface area contributed by atoms with Crippen LogP contribution in [-0.2, 0) is 10.0 Å². The molecule has 1 fully saturated rings. The van der Waals surface area contributed by atoms with Crippen molar-refractivity contribution in [3.05, 3.63) is 48.9 Å². The van der Waals surface area contributed by atoms with Crippen LogP contribution < -0.4 is 4.72 Å². The van der Waals surface area contributed by atoms with E-state index in [1.54, 1.807) is 35.3 Å². The zero-order valence-electron chi connectivity index (χ0n) is 12.9. The van der Waals surface area contributed by atoms with Gasteiger partial charge in [0.05, 0.1) is 18.4 Å². The molecule has 1 aromatic carbocycles. The van der Waals surface area contributed by atoms with Crippen molar-refractivity contribution in [3.63, 3.8) is 0 Å². The molecule has 1 aliphatic rings. The number of benzene rings is 1. The van der Waals surface area contributed by atoms with Crippen molar-refractivity contribution in [2.24, 2.45) is 0 Å². The van der Waals surface area contributed by atoms with Crippen LogP contribution in [0.3, 0.4) is 0 Å². The molecule has 7 nitrogen and oxygen atoms in total. The van der Waals surface area contributed by atoms with Gasteiger partial charge in [-0.1, -0.05) is 12.1 Å². The van der Waals surface area contributed by atoms with E-state index in [4.69, 9.17) is 0 Å². The first kappa shape index (κ1) is 14.9. The smallest absolute Gasteiger partial charge is 0.279 e. The lowest BCUT2D eigenvalue weighted by atomic mass is 9.93. The number of hydrogen-bond donors (Lipinski definition) is 2. The van der Waals surface area contributed by atoms with Crippen molar-refractivity contribution < 1.29 is 8.42 Å². The van der Waals surface area contributed by atoms with Crippen LogP contribution in [0.2, 0.25) is 0 Å². The third-order valence-corrected chi connectivity index (χ3v) is 5.68. The minimum absolute atomic E-state index is 0.190. The van der Waals surface area contributed by atoms with Crippen molar-refractivity contribution in [1.82, 2.24) is 20.0 Å². The Morgan fingerprint density at radius 3 is 2.54 bits per heavy atom. The highest BCUT2D eigenvalue weighted by atomic mass is 32.2. The summed E-state index contributed by atoms with van der Waals surface area (Å²) < 4.78 is 29.6. The largest absolute Gasteiger partial charge is 0.285 e. The monoisotopic (exact) mass is 343 g/mol. The second-order valence-corrected chi connectivity index (χ2v) is 7.50. The molecule has 24 heavy (non-hydrogen) atoms. The molecule has 4 rings (SSSR count). The normalized spacial score (nSPS) is 15.2. The number of aromatic amines is 1. The lowest BCUT2D eigenvalue weighted by Gasteiger charge is -2.27. The molecule has 0 unspecified atom stereocenters. The average molecular weight is 343 g/mol. The number of nitrogens with one attached hydrogen (secondary N) is 2. The molecule has 3 aromatic rings. The van der Waals surface area contributed by atoms with Gasteiger partial charge in [-0.25, -0.2) is 4.68 Å². The zero-order chi connectivity index (χ0) is 16.6. The second kappa shape index (κ2) is 5.79. The van der Waals surface area contributed by atoms with Crippen LogP contribution in [0, 0.1) is 0 Å². The highest BCUT2D eigenvalue weighted by molar-refractivity contribution is 7.92. The molecule has 124 valence electrons. The Kier molecular flexibility index (Phi) is 3.61. The van der Waals surface area contributed by atoms with Crippen molar-refractivity contribution >= 4 is 15.7 Å². The summed E-state index contributed by atoms with van der Waals surface area (Å²) in [7, 11) is -3.66. The Hall–Kier alpha value is -2.61. The lowest BCUT2D eigenvalue weighted by molar-refractivity contribution is 0.271. The van der Waals surface area contributed by atoms with Gasteiger partial charge in [-0.15, -0.1) is 0 Å². The van der Waals surface area contributed by atoms with E-state index in [1.165, 1.54) is 6.20 Å². The van der Waals surface area contributed by atoms with Gasteiger partial charge in [-0.3, -0.25) is 9.82 Å². The van der Waals surface area contributed by atoms with Gasteiger partial charge in [-0.2, -0.15) is 18.6 Å². The molecule has 0 atom stereocenters. The quantitative estimate of drug-likeness (QED) is 0.745. The highest BCUT2D eigenvalue weighted by Gasteiger charge is 2.27. The van der Waals surface area contributed by atoms with Crippen LogP contribution >= 0.6 is 0 Å². The van der Waals surface area contributed by atoms with E-state index in [0.29, 0.717) is 5.69 Å². The first-order valence-electron chi connectivity index (χ1n) is 7.79. The molecule has 0 spiro atoms. The van der Waals surface area contributed by atoms with Crippen LogP contribution in [0.4, 0.5) is 5.69 Å². The van der Waals surface area contributed by atoms with Gasteiger partial charge < -0.3 is 0 Å². The Morgan fingerprint density at radius 1 is 1.12 bits per heavy atom. The molecule has 2 heterocycles. The van der Waals surface area contributed by atoms with Gasteiger partial charge in [0.1, 0.15) is 0 Å². The van der Waals surface area contributed by atoms with Crippen molar-refractivity contribution in [1.29, 1.82) is 0 Å². The van der Waals surface area contributed by atoms with Gasteiger partial charge in [0.25, 0.3) is 10.0 Å². The first-order chi connectivity index (χ1) is 11.6. The van der Waals surface area contributed by atoms with Crippen LogP contribution in [0.5, 0.6) is 0 Å². The first-order valence-corrected chi connectivity index (χ1v) is 9.27. The summed E-state index contributed by atoms with van der Waals surface area (Å²) in [6.07, 6.45) is 8.11. The Morgan fingerprint density at radius 2 is 1.92 bits per heavy atom. The molecule has 8 heteroatoms. The fraction of sp³-hybridized carbons (Fsp3) is 0.250. The molecule has 0 amide bonds. The molecule has 2 aromatic heterocycles. The molecule has 0 aliphatic heterocycles. The summed E-state index contributed by atoms with van der Waals surface area (Å²) in [5, 5.41) is 11.1. The topological polar surface area (TPSA) is 92.7 Å². The summed E-state index contributed by atoms with van der Waals surface area (Å²) in [6, 6.07) is 8.92. The number of rotatable bonds is 5. The van der Waals surface area contributed by atoms with E-state index >= 15 is 0 Å². The molecular weight excluding hydrogens is 326 g/mol. The van der Waals surface area contributed by atoms with Crippen molar-refractivity contribution in [3.8, 4) is 11.1 Å². The van der Waals surface area contributed by atoms with Crippen LogP contribution in [0.15, 0.2) is 53.9 Å². The predicted octanol–water partition coefficient (Wildman–Crippen LogP) is 2.80. The zero-order valence-corrected chi connectivity index (χ0v) is 13.7. The van der Waals surface area contributed by atoms with E-state index in [9.17, 15) is 8.42 Å². The van der Waals surface area contributed by atoms with Crippen molar-refractivity contribution in [2.75, 3.05) is 4.72 Å². The molecule has 0 saturated heterocycles. The lowest BCUT2D eigenvalue weighted by Crippen LogP contribution is -2.24. The van der Waals surface area contributed by atoms with Gasteiger partial charge in [-0.05, 0) is 43.0 Å². The fourth-order valence-electron chi connectivity index (χ4n) is 2.77. The fourth-order valence-corrected chi connectivity index (χ4v) is 4.00. The summed E-state index contributed by atoms with van der Waals surface area (Å²) in [6.45, 7) is 0. The second-order valence-electron chi connectivity index (χ2n) is 5.87. The molecule has 1 aliphatic carbocycles. The Balaban J connectivity index is 1.57. The van der Waals surface area contributed by atoms with Crippen LogP contribution in [0.25, 0.3) is 11.1 Å². The van der Waals surface area contributed by atoms with Gasteiger partial charge in [0.15, 0.2) is 5.03 Å². The number of H-pyrrole nitrogens is 1. The number of nitrogens with zero attached hydrogens (tertiary/aromatic N) is 3. The summed E-state index contributed by atoms with van der Waals surface area (Å²) >= 11 is 0. The van der Waals surface area contributed by atoms with E-state index in [-0.39, 0.29) is 11.1 Å². The maximum absolute atomic E-state index is 12.7. The molecule has 1 saturated carbocycles. The minimum atomic E-state index is -3.66. The van der Waals surface area contributed by atoms with E-state index in [1.807, 2.05) is 12.1 Å². The van der Waals surface area contributed by atoms with E-state index in [2.05, 4.69) is 20.0 Å². The third kappa shape index (κ3) is 2.69. The number of aromatic nitrogens is 4. The van der Waals surface area contributed by atoms with Gasteiger partial charge in [0.2, 0.25) is 0 Å². The van der Waals surface area contributed by atoms with E-state index < -0.39 is 10.0 Å². The maximum Gasteiger partial charge on any atom is 0.279 e. The SMILES string of the molecule is O=S(=O)(Nc1ccc(-c2cn[nH]c2)cc1)c1ccnn1C1CCC1. The average Bonchev–Trinajstić information content (AvgIpc) is 3.17. The molecule has 0 bridgehead atoms. The molecule has 2 N–H and O–H groups in total. The summed E-state index contributed by atoms with van der Waals surface area (Å²) in [4.78, 5) is 0. The number of anilines is 1. The predicted molar refractivity (Wildman–Crippen MR) is 89.9 cm³/mol. The number of hydrogen-bond acceptors (Lipinski definition) is 4. The minimum Gasteiger partial charge on any atom is -0.285 e. The van der Waals surface area contributed by atoms with Crippen molar-refractivity contribution in [2.45, 2.75) is 30.3 Å². The van der Waals surface area contributed by atoms with E-state index in [0.717, 1.165) is 30.4 Å². The molecule has 0 radical (unpaired) electrons. The van der Waals surface area contributed by atoms with Crippen LogP contribution in [-0.4, -0.2) is 28.4 Å². The maximum atomic E-state index is 12.7. The summed E-state index contributed by atoms with van der Waals surface area (Å²) in [5.74, 6) is 0. The van der Waals surface area contributed by atoms with Gasteiger partial charge in [0, 0.05) is 17.4 Å². The summed E-state index contributed by atoms with van der Waals surface area (Å²) in [5.41, 5.74) is 2.43. The number of sulfonamides is 1. The third-order valence-electron chi connectivity index (χ3n) is 4.30. The Bertz CT molecular complexity index is 925. The molecular formula is C16H17N5O2S. The standard InChI is InChI=1S/C16H17N5O2S/c22-24(23,16-8-9-19-21(16)15-2-1-3-15)20-14-6-4-12(5-7-14)13-10-17-18-11-13/h4-11,15,20H,1-3H2,(H,17,18). The highest BCUT2D eigenvalue weighted by Crippen LogP contribution is 2.33. The van der Waals surface area contributed by atoms with Gasteiger partial charge >= 0.3 is 0 Å². The van der Waals surface area contributed by atoms with Crippen LogP contribution in [0.1, 0.15) is 25.3 Å².